The lowest BCUT2D eigenvalue weighted by Crippen LogP contribution is -2.22. The Morgan fingerprint density at radius 2 is 1.83 bits per heavy atom. The van der Waals surface area contributed by atoms with E-state index in [1.54, 1.807) is 22.8 Å². The highest BCUT2D eigenvalue weighted by Crippen LogP contribution is 2.38. The Balaban J connectivity index is 2.27. The molecule has 0 saturated heterocycles. The van der Waals surface area contributed by atoms with Gasteiger partial charge in [0.2, 0.25) is 0 Å². The van der Waals surface area contributed by atoms with E-state index < -0.39 is 0 Å². The zero-order valence-corrected chi connectivity index (χ0v) is 15.7. The average molecular weight is 392 g/mol. The van der Waals surface area contributed by atoms with E-state index in [0.717, 1.165) is 26.2 Å². The van der Waals surface area contributed by atoms with Crippen molar-refractivity contribution in [1.82, 2.24) is 4.57 Å². The van der Waals surface area contributed by atoms with Crippen LogP contribution < -0.4 is 5.56 Å². The Labute approximate surface area is 147 Å². The highest BCUT2D eigenvalue weighted by atomic mass is 79.9. The minimum atomic E-state index is -0.127. The first-order valence-electron chi connectivity index (χ1n) is 7.40. The van der Waals surface area contributed by atoms with Crippen molar-refractivity contribution >= 4 is 37.5 Å². The van der Waals surface area contributed by atoms with Crippen molar-refractivity contribution in [3.05, 3.63) is 61.8 Å². The van der Waals surface area contributed by atoms with Crippen molar-refractivity contribution < 1.29 is 5.11 Å². The molecule has 0 aliphatic rings. The first-order chi connectivity index (χ1) is 10.9. The number of hydrogen-bond donors (Lipinski definition) is 1. The van der Waals surface area contributed by atoms with Gasteiger partial charge in [0.1, 0.15) is 10.6 Å². The van der Waals surface area contributed by atoms with E-state index in [1.165, 1.54) is 5.56 Å². The van der Waals surface area contributed by atoms with Gasteiger partial charge in [0, 0.05) is 10.2 Å². The molecular formula is C18H18BrNO2S. The number of aromatic nitrogens is 1. The molecule has 23 heavy (non-hydrogen) atoms. The number of pyridine rings is 1. The van der Waals surface area contributed by atoms with Gasteiger partial charge in [0.25, 0.3) is 5.56 Å². The fraction of sp³-hybridized carbons (Fsp3) is 0.278. The smallest absolute Gasteiger partial charge is 0.258 e. The number of aryl methyl sites for hydroxylation is 2. The van der Waals surface area contributed by atoms with Gasteiger partial charge in [-0.2, -0.15) is 0 Å². The zero-order chi connectivity index (χ0) is 16.7. The molecule has 0 aliphatic carbocycles. The van der Waals surface area contributed by atoms with Crippen molar-refractivity contribution in [3.8, 4) is 5.75 Å². The van der Waals surface area contributed by atoms with Crippen molar-refractivity contribution in [2.24, 2.45) is 0 Å². The molecule has 0 radical (unpaired) electrons. The Morgan fingerprint density at radius 1 is 1.17 bits per heavy atom. The van der Waals surface area contributed by atoms with Gasteiger partial charge < -0.3 is 5.11 Å². The van der Waals surface area contributed by atoms with Crippen molar-refractivity contribution in [2.75, 3.05) is 0 Å². The first-order valence-corrected chi connectivity index (χ1v) is 9.33. The van der Waals surface area contributed by atoms with E-state index in [1.807, 2.05) is 26.0 Å². The number of benzene rings is 1. The number of nitrogens with zero attached hydrogens (tertiary/aromatic N) is 1. The Morgan fingerprint density at radius 3 is 2.43 bits per heavy atom. The molecule has 3 rings (SSSR count). The maximum Gasteiger partial charge on any atom is 0.258 e. The van der Waals surface area contributed by atoms with Crippen molar-refractivity contribution in [2.45, 2.75) is 32.6 Å². The molecule has 120 valence electrons. The van der Waals surface area contributed by atoms with Crippen LogP contribution in [0.3, 0.4) is 0 Å². The third kappa shape index (κ3) is 2.72. The highest BCUT2D eigenvalue weighted by Gasteiger charge is 2.20. The molecule has 0 saturated carbocycles. The second-order valence-corrected chi connectivity index (χ2v) is 7.57. The molecular weight excluding hydrogens is 374 g/mol. The second kappa shape index (κ2) is 6.13. The number of alkyl halides is 1. The van der Waals surface area contributed by atoms with Gasteiger partial charge in [0.05, 0.1) is 17.5 Å². The first kappa shape index (κ1) is 16.3. The SMILES string of the molecule is Cc1ccc(Cn2c(=O)c(C)c(O)c3c(CBr)c(C)sc32)cc1. The van der Waals surface area contributed by atoms with Crippen LogP contribution in [0.1, 0.15) is 27.1 Å². The summed E-state index contributed by atoms with van der Waals surface area (Å²) in [5.74, 6) is 0.115. The molecule has 0 aliphatic heterocycles. The molecule has 0 amide bonds. The predicted octanol–water partition coefficient (Wildman–Crippen LogP) is 4.64. The van der Waals surface area contributed by atoms with Crippen molar-refractivity contribution in [3.63, 3.8) is 0 Å². The largest absolute Gasteiger partial charge is 0.507 e. The molecule has 2 aromatic heterocycles. The molecule has 0 bridgehead atoms. The monoisotopic (exact) mass is 391 g/mol. The average Bonchev–Trinajstić information content (AvgIpc) is 2.87. The number of rotatable bonds is 3. The summed E-state index contributed by atoms with van der Waals surface area (Å²) in [6.07, 6.45) is 0. The van der Waals surface area contributed by atoms with Crippen LogP contribution in [0, 0.1) is 20.8 Å². The lowest BCUT2D eigenvalue weighted by Gasteiger charge is -2.11. The maximum atomic E-state index is 12.7. The summed E-state index contributed by atoms with van der Waals surface area (Å²) in [7, 11) is 0. The van der Waals surface area contributed by atoms with Crippen LogP contribution in [0.15, 0.2) is 29.1 Å². The number of halogens is 1. The molecule has 0 unspecified atom stereocenters. The van der Waals surface area contributed by atoms with Crippen LogP contribution in [0.2, 0.25) is 0 Å². The molecule has 5 heteroatoms. The summed E-state index contributed by atoms with van der Waals surface area (Å²) < 4.78 is 1.78. The van der Waals surface area contributed by atoms with Crippen LogP contribution in [-0.2, 0) is 11.9 Å². The number of hydrogen-bond acceptors (Lipinski definition) is 3. The molecule has 3 aromatic rings. The number of fused-ring (bicyclic) bond motifs is 1. The normalized spacial score (nSPS) is 11.3. The summed E-state index contributed by atoms with van der Waals surface area (Å²) in [5, 5.41) is 11.9. The van der Waals surface area contributed by atoms with Gasteiger partial charge in [-0.25, -0.2) is 0 Å². The van der Waals surface area contributed by atoms with Crippen LogP contribution in [0.25, 0.3) is 10.2 Å². The fourth-order valence-corrected chi connectivity index (χ4v) is 4.81. The lowest BCUT2D eigenvalue weighted by molar-refractivity contribution is 0.474. The van der Waals surface area contributed by atoms with Gasteiger partial charge >= 0.3 is 0 Å². The summed E-state index contributed by atoms with van der Waals surface area (Å²) in [4.78, 5) is 14.6. The summed E-state index contributed by atoms with van der Waals surface area (Å²) in [6, 6.07) is 8.19. The molecule has 0 atom stereocenters. The van der Waals surface area contributed by atoms with E-state index in [9.17, 15) is 9.90 Å². The van der Waals surface area contributed by atoms with Gasteiger partial charge in [-0.1, -0.05) is 45.8 Å². The fourth-order valence-electron chi connectivity index (χ4n) is 2.76. The quantitative estimate of drug-likeness (QED) is 0.660. The Bertz CT molecular complexity index is 939. The summed E-state index contributed by atoms with van der Waals surface area (Å²) in [6.45, 7) is 6.27. The Hall–Kier alpha value is -1.59. The molecule has 0 fully saturated rings. The minimum Gasteiger partial charge on any atom is -0.507 e. The van der Waals surface area contributed by atoms with Gasteiger partial charge in [-0.05, 0) is 31.9 Å². The van der Waals surface area contributed by atoms with E-state index in [0.29, 0.717) is 17.4 Å². The molecule has 2 heterocycles. The van der Waals surface area contributed by atoms with E-state index >= 15 is 0 Å². The maximum absolute atomic E-state index is 12.7. The van der Waals surface area contributed by atoms with Crippen LogP contribution >= 0.6 is 27.3 Å². The third-order valence-corrected chi connectivity index (χ3v) is 5.92. The number of thiophene rings is 1. The van der Waals surface area contributed by atoms with Gasteiger partial charge in [-0.15, -0.1) is 11.3 Å². The van der Waals surface area contributed by atoms with E-state index in [2.05, 4.69) is 28.1 Å². The second-order valence-electron chi connectivity index (χ2n) is 5.80. The third-order valence-electron chi connectivity index (χ3n) is 4.19. The van der Waals surface area contributed by atoms with Crippen LogP contribution in [0.4, 0.5) is 0 Å². The van der Waals surface area contributed by atoms with Gasteiger partial charge in [-0.3, -0.25) is 9.36 Å². The van der Waals surface area contributed by atoms with Crippen LogP contribution in [-0.4, -0.2) is 9.67 Å². The predicted molar refractivity (Wildman–Crippen MR) is 100 cm³/mol. The van der Waals surface area contributed by atoms with E-state index in [-0.39, 0.29) is 11.3 Å². The van der Waals surface area contributed by atoms with Gasteiger partial charge in [0.15, 0.2) is 0 Å². The minimum absolute atomic E-state index is 0.115. The molecule has 1 aromatic carbocycles. The molecule has 3 nitrogen and oxygen atoms in total. The van der Waals surface area contributed by atoms with Crippen molar-refractivity contribution in [1.29, 1.82) is 0 Å². The van der Waals surface area contributed by atoms with E-state index in [4.69, 9.17) is 0 Å². The lowest BCUT2D eigenvalue weighted by atomic mass is 10.1. The number of aromatic hydroxyl groups is 1. The summed E-state index contributed by atoms with van der Waals surface area (Å²) in [5.41, 5.74) is 3.61. The Kier molecular flexibility index (Phi) is 4.34. The summed E-state index contributed by atoms with van der Waals surface area (Å²) >= 11 is 5.06. The van der Waals surface area contributed by atoms with Crippen LogP contribution in [0.5, 0.6) is 5.75 Å². The molecule has 0 spiro atoms. The molecule has 1 N–H and O–H groups in total. The highest BCUT2D eigenvalue weighted by molar-refractivity contribution is 9.08. The zero-order valence-electron chi connectivity index (χ0n) is 13.3. The standard InChI is InChI=1S/C18H18BrNO2S/c1-10-4-6-13(7-5-10)9-20-17(22)11(2)16(21)15-14(8-19)12(3)23-18(15)20/h4-7,21H,8-9H2,1-3H3. The topological polar surface area (TPSA) is 42.2 Å².